The third-order valence-electron chi connectivity index (χ3n) is 3.79. The van der Waals surface area contributed by atoms with Crippen LogP contribution in [0.25, 0.3) is 27.5 Å². The molecule has 0 unspecified atom stereocenters. The largest absolute Gasteiger partial charge is 0.235 e. The second kappa shape index (κ2) is 6.09. The number of thiophene rings is 1. The van der Waals surface area contributed by atoms with Gasteiger partial charge in [0.2, 0.25) is 0 Å². The highest BCUT2D eigenvalue weighted by Crippen LogP contribution is 2.26. The fraction of sp³-hybridized carbons (Fsp3) is 0.111. The van der Waals surface area contributed by atoms with Crippen molar-refractivity contribution in [3.05, 3.63) is 65.7 Å². The van der Waals surface area contributed by atoms with Crippen molar-refractivity contribution >= 4 is 26.8 Å². The van der Waals surface area contributed by atoms with E-state index in [1.807, 2.05) is 64.6 Å². The standard InChI is InChI=1S/C18H15N3O2S2/c1-25(22,23)12-13-4-2-5-14(10-13)15-7-8-18-19-11-16(21(18)20-15)17-6-3-9-24-17/h2-11H,12H2,1H3. The summed E-state index contributed by atoms with van der Waals surface area (Å²) in [7, 11) is -3.07. The number of fused-ring (bicyclic) bond motifs is 1. The molecule has 1 aromatic carbocycles. The quantitative estimate of drug-likeness (QED) is 0.551. The molecule has 0 aliphatic heterocycles. The summed E-state index contributed by atoms with van der Waals surface area (Å²) in [5, 5.41) is 6.73. The Morgan fingerprint density at radius 3 is 2.76 bits per heavy atom. The van der Waals surface area contributed by atoms with E-state index in [-0.39, 0.29) is 5.75 Å². The van der Waals surface area contributed by atoms with Crippen LogP contribution in [0.3, 0.4) is 0 Å². The molecule has 7 heteroatoms. The van der Waals surface area contributed by atoms with E-state index >= 15 is 0 Å². The predicted molar refractivity (Wildman–Crippen MR) is 100 cm³/mol. The molecule has 0 fully saturated rings. The fourth-order valence-electron chi connectivity index (χ4n) is 2.74. The van der Waals surface area contributed by atoms with Crippen molar-refractivity contribution in [2.45, 2.75) is 5.75 Å². The fourth-order valence-corrected chi connectivity index (χ4v) is 4.25. The van der Waals surface area contributed by atoms with E-state index < -0.39 is 9.84 Å². The zero-order valence-corrected chi connectivity index (χ0v) is 15.1. The zero-order chi connectivity index (χ0) is 17.4. The van der Waals surface area contributed by atoms with Gasteiger partial charge >= 0.3 is 0 Å². The third kappa shape index (κ3) is 3.33. The Labute approximate surface area is 149 Å². The summed E-state index contributed by atoms with van der Waals surface area (Å²) in [5.41, 5.74) is 4.14. The van der Waals surface area contributed by atoms with Crippen LogP contribution in [0.15, 0.2) is 60.1 Å². The number of aromatic nitrogens is 3. The molecule has 3 aromatic heterocycles. The molecule has 0 atom stereocenters. The number of imidazole rings is 1. The highest BCUT2D eigenvalue weighted by atomic mass is 32.2. The van der Waals surface area contributed by atoms with Crippen molar-refractivity contribution in [3.63, 3.8) is 0 Å². The first-order valence-electron chi connectivity index (χ1n) is 7.65. The topological polar surface area (TPSA) is 64.3 Å². The first kappa shape index (κ1) is 16.0. The Morgan fingerprint density at radius 1 is 1.12 bits per heavy atom. The van der Waals surface area contributed by atoms with E-state index in [0.29, 0.717) is 0 Å². The average molecular weight is 369 g/mol. The molecule has 0 aliphatic carbocycles. The summed E-state index contributed by atoms with van der Waals surface area (Å²) in [6, 6.07) is 15.3. The van der Waals surface area contributed by atoms with Crippen LogP contribution in [0, 0.1) is 0 Å². The zero-order valence-electron chi connectivity index (χ0n) is 13.5. The van der Waals surface area contributed by atoms with Crippen molar-refractivity contribution in [1.29, 1.82) is 0 Å². The second-order valence-electron chi connectivity index (χ2n) is 5.88. The first-order valence-corrected chi connectivity index (χ1v) is 10.6. The summed E-state index contributed by atoms with van der Waals surface area (Å²) in [4.78, 5) is 5.50. The van der Waals surface area contributed by atoms with E-state index in [1.165, 1.54) is 6.26 Å². The van der Waals surface area contributed by atoms with Crippen LogP contribution in [0.5, 0.6) is 0 Å². The van der Waals surface area contributed by atoms with Crippen LogP contribution in [0.1, 0.15) is 5.56 Å². The normalized spacial score (nSPS) is 11.9. The average Bonchev–Trinajstić information content (AvgIpc) is 3.22. The van der Waals surface area contributed by atoms with Gasteiger partial charge in [0, 0.05) is 11.8 Å². The van der Waals surface area contributed by atoms with Crippen molar-refractivity contribution in [2.24, 2.45) is 0 Å². The monoisotopic (exact) mass is 369 g/mol. The Bertz CT molecular complexity index is 1150. The van der Waals surface area contributed by atoms with Gasteiger partial charge in [-0.2, -0.15) is 5.10 Å². The number of hydrogen-bond donors (Lipinski definition) is 0. The molecule has 5 nitrogen and oxygen atoms in total. The van der Waals surface area contributed by atoms with E-state index in [9.17, 15) is 8.42 Å². The summed E-state index contributed by atoms with van der Waals surface area (Å²) < 4.78 is 24.9. The van der Waals surface area contributed by atoms with Crippen LogP contribution >= 0.6 is 11.3 Å². The molecule has 0 saturated heterocycles. The van der Waals surface area contributed by atoms with E-state index in [1.54, 1.807) is 11.3 Å². The lowest BCUT2D eigenvalue weighted by Crippen LogP contribution is -2.01. The number of rotatable bonds is 4. The van der Waals surface area contributed by atoms with Crippen LogP contribution in [-0.4, -0.2) is 29.3 Å². The minimum Gasteiger partial charge on any atom is -0.235 e. The van der Waals surface area contributed by atoms with Crippen molar-refractivity contribution < 1.29 is 8.42 Å². The third-order valence-corrected chi connectivity index (χ3v) is 5.54. The second-order valence-corrected chi connectivity index (χ2v) is 8.97. The van der Waals surface area contributed by atoms with E-state index in [2.05, 4.69) is 4.98 Å². The molecule has 126 valence electrons. The molecule has 0 radical (unpaired) electrons. The maximum Gasteiger partial charge on any atom is 0.154 e. The molecular formula is C18H15N3O2S2. The Balaban J connectivity index is 1.80. The molecule has 4 rings (SSSR count). The summed E-state index contributed by atoms with van der Waals surface area (Å²) in [5.74, 6) is 0.0224. The lowest BCUT2D eigenvalue weighted by Gasteiger charge is -2.06. The summed E-state index contributed by atoms with van der Waals surface area (Å²) >= 11 is 1.64. The van der Waals surface area contributed by atoms with Crippen LogP contribution in [0.4, 0.5) is 0 Å². The number of sulfone groups is 1. The summed E-state index contributed by atoms with van der Waals surface area (Å²) in [6.45, 7) is 0. The van der Waals surface area contributed by atoms with Crippen LogP contribution in [-0.2, 0) is 15.6 Å². The number of benzene rings is 1. The molecular weight excluding hydrogens is 354 g/mol. The Morgan fingerprint density at radius 2 is 2.00 bits per heavy atom. The molecule has 0 aliphatic rings. The van der Waals surface area contributed by atoms with Gasteiger partial charge in [-0.1, -0.05) is 24.3 Å². The minimum atomic E-state index is -3.07. The molecule has 0 N–H and O–H groups in total. The minimum absolute atomic E-state index is 0.0224. The highest BCUT2D eigenvalue weighted by molar-refractivity contribution is 7.89. The van der Waals surface area contributed by atoms with Gasteiger partial charge in [-0.15, -0.1) is 11.3 Å². The van der Waals surface area contributed by atoms with Gasteiger partial charge in [-0.3, -0.25) is 0 Å². The molecule has 0 spiro atoms. The van der Waals surface area contributed by atoms with E-state index in [0.717, 1.165) is 33.0 Å². The first-order chi connectivity index (χ1) is 12.0. The Kier molecular flexibility index (Phi) is 3.89. The lowest BCUT2D eigenvalue weighted by molar-refractivity contribution is 0.601. The van der Waals surface area contributed by atoms with Crippen molar-refractivity contribution in [1.82, 2.24) is 14.6 Å². The lowest BCUT2D eigenvalue weighted by atomic mass is 10.1. The maximum absolute atomic E-state index is 11.5. The van der Waals surface area contributed by atoms with Gasteiger partial charge in [0.15, 0.2) is 15.5 Å². The number of hydrogen-bond acceptors (Lipinski definition) is 5. The Hall–Kier alpha value is -2.51. The van der Waals surface area contributed by atoms with Gasteiger partial charge in [-0.25, -0.2) is 17.9 Å². The van der Waals surface area contributed by atoms with Gasteiger partial charge < -0.3 is 0 Å². The molecule has 0 saturated carbocycles. The van der Waals surface area contributed by atoms with Crippen molar-refractivity contribution in [2.75, 3.05) is 6.26 Å². The maximum atomic E-state index is 11.5. The van der Waals surface area contributed by atoms with Crippen molar-refractivity contribution in [3.8, 4) is 21.8 Å². The van der Waals surface area contributed by atoms with Gasteiger partial charge in [0.25, 0.3) is 0 Å². The van der Waals surface area contributed by atoms with Gasteiger partial charge in [0.1, 0.15) is 5.69 Å². The van der Waals surface area contributed by atoms with Gasteiger partial charge in [0.05, 0.1) is 22.5 Å². The van der Waals surface area contributed by atoms with Crippen LogP contribution in [0.2, 0.25) is 0 Å². The van der Waals surface area contributed by atoms with Gasteiger partial charge in [-0.05, 0) is 35.2 Å². The number of nitrogens with zero attached hydrogens (tertiary/aromatic N) is 3. The smallest absolute Gasteiger partial charge is 0.154 e. The molecule has 0 bridgehead atoms. The molecule has 25 heavy (non-hydrogen) atoms. The molecule has 4 aromatic rings. The summed E-state index contributed by atoms with van der Waals surface area (Å²) in [6.07, 6.45) is 3.06. The SMILES string of the molecule is CS(=O)(=O)Cc1cccc(-c2ccc3ncc(-c4cccs4)n3n2)c1. The highest BCUT2D eigenvalue weighted by Gasteiger charge is 2.11. The predicted octanol–water partition coefficient (Wildman–Crippen LogP) is 3.67. The van der Waals surface area contributed by atoms with E-state index in [4.69, 9.17) is 5.10 Å². The van der Waals surface area contributed by atoms with Crippen LogP contribution < -0.4 is 0 Å². The molecule has 0 amide bonds. The molecule has 3 heterocycles.